The van der Waals surface area contributed by atoms with Crippen molar-refractivity contribution < 1.29 is 19.1 Å². The molecule has 0 unspecified atom stereocenters. The average Bonchev–Trinajstić information content (AvgIpc) is 1.61. The van der Waals surface area contributed by atoms with E-state index in [1.165, 1.54) is 428 Å². The Morgan fingerprint density at radius 3 is 0.691 bits per heavy atom. The van der Waals surface area contributed by atoms with Crippen LogP contribution in [0.1, 0.15) is 480 Å². The smallest absolute Gasteiger partial charge is 0.493 e. The summed E-state index contributed by atoms with van der Waals surface area (Å²) in [6.07, 6.45) is 90.6. The van der Waals surface area contributed by atoms with Gasteiger partial charge in [-0.25, -0.2) is 4.70 Å². The Bertz CT molecular complexity index is 2010. The number of hydrogen-bond donors (Lipinski definition) is 0. The van der Waals surface area contributed by atoms with Gasteiger partial charge >= 0.3 is 166 Å². The monoisotopic (exact) mass is 1340 g/mol. The summed E-state index contributed by atoms with van der Waals surface area (Å²) in [4.78, 5) is 0. The number of allylic oxidation sites excluding steroid dienone is 2. The van der Waals surface area contributed by atoms with Crippen LogP contribution >= 0.6 is 0 Å². The standard InChI is InChI=1S/C45H70N2.2C23H47.Ni/c1-7-12-17-19-21-23-27-39-30-37(25-14-9-3)32-41(33-39)44-36(6)43(29-16-11-5)45(47(44)46)42-34-38(26-15-10-4)31-40(35-42)28-24-22-20-18-13-8-2;2*1-3-5-7-9-11-13-15-17-19-21-23-22-20-18-16-14-12-10-8-6-4-2;/h30-35H,7-29H2,1-6H3;2*1,3-23H2,2H3;. The van der Waals surface area contributed by atoms with Crippen LogP contribution in [-0.4, -0.2) is 4.70 Å². The zero-order valence-corrected chi connectivity index (χ0v) is 66.0. The number of benzene rings is 2. The summed E-state index contributed by atoms with van der Waals surface area (Å²) in [6.45, 7) is 18.3. The second-order valence-corrected chi connectivity index (χ2v) is 31.6. The van der Waals surface area contributed by atoms with E-state index in [9.17, 15) is 5.53 Å². The maximum atomic E-state index is 12.2. The van der Waals surface area contributed by atoms with Gasteiger partial charge in [0.15, 0.2) is 0 Å². The van der Waals surface area contributed by atoms with Gasteiger partial charge in [0.05, 0.1) is 0 Å². The Hall–Kier alpha value is -1.99. The number of rotatable bonds is 69. The molecule has 0 saturated heterocycles. The molecule has 3 rings (SSSR count). The van der Waals surface area contributed by atoms with E-state index in [0.29, 0.717) is 0 Å². The van der Waals surface area contributed by atoms with E-state index < -0.39 is 0 Å². The Balaban J connectivity index is 0.000000640. The zero-order chi connectivity index (χ0) is 67.7. The minimum Gasteiger partial charge on any atom is -0.493 e. The molecule has 2 aromatic rings. The van der Waals surface area contributed by atoms with Gasteiger partial charge in [-0.3, -0.25) is 0 Å². The summed E-state index contributed by atoms with van der Waals surface area (Å²) in [6, 6.07) is 14.5. The first kappa shape index (κ1) is 88.1. The van der Waals surface area contributed by atoms with Crippen molar-refractivity contribution in [1.29, 1.82) is 0 Å². The van der Waals surface area contributed by atoms with E-state index in [-0.39, 0.29) is 0 Å². The first-order valence-corrected chi connectivity index (χ1v) is 44.4. The molecule has 0 atom stereocenters. The normalized spacial score (nSPS) is 12.6. The second-order valence-electron chi connectivity index (χ2n) is 30.2. The molecule has 548 valence electrons. The van der Waals surface area contributed by atoms with Crippen LogP contribution in [0.2, 0.25) is 10.8 Å². The number of hydrogen-bond acceptors (Lipinski definition) is 0. The summed E-state index contributed by atoms with van der Waals surface area (Å²) in [5, 5.41) is 2.87. The van der Waals surface area contributed by atoms with Crippen LogP contribution in [-0.2, 0) is 40.1 Å². The summed E-state index contributed by atoms with van der Waals surface area (Å²) in [7, 11) is 0. The van der Waals surface area contributed by atoms with Crippen LogP contribution in [0, 0.1) is 0 Å². The summed E-state index contributed by atoms with van der Waals surface area (Å²) < 4.78 is 1.60. The Morgan fingerprint density at radius 1 is 0.234 bits per heavy atom. The second kappa shape index (κ2) is 66.9. The Labute approximate surface area is 596 Å². The van der Waals surface area contributed by atoms with E-state index in [4.69, 9.17) is 0 Å². The van der Waals surface area contributed by atoms with E-state index >= 15 is 0 Å². The van der Waals surface area contributed by atoms with Crippen LogP contribution in [0.25, 0.3) is 16.9 Å². The average molecular weight is 1350 g/mol. The molecule has 0 spiro atoms. The summed E-state index contributed by atoms with van der Waals surface area (Å²) in [5.41, 5.74) is 25.0. The number of aryl methyl sites for hydroxylation is 4. The van der Waals surface area contributed by atoms with Crippen LogP contribution in [0.3, 0.4) is 0 Å². The quantitative estimate of drug-likeness (QED) is 0.0358. The molecule has 0 amide bonds. The van der Waals surface area contributed by atoms with Gasteiger partial charge < -0.3 is 5.53 Å². The van der Waals surface area contributed by atoms with Gasteiger partial charge in [0, 0.05) is 22.3 Å². The third-order valence-electron chi connectivity index (χ3n) is 20.9. The van der Waals surface area contributed by atoms with Crippen molar-refractivity contribution >= 4 is 11.4 Å². The Kier molecular flexibility index (Phi) is 62.7. The molecule has 0 fully saturated rings. The van der Waals surface area contributed by atoms with Gasteiger partial charge in [-0.15, -0.1) is 0 Å². The van der Waals surface area contributed by atoms with Crippen LogP contribution in [0.4, 0.5) is 0 Å². The van der Waals surface area contributed by atoms with Crippen LogP contribution in [0.15, 0.2) is 47.5 Å². The van der Waals surface area contributed by atoms with Gasteiger partial charge in [0.1, 0.15) is 0 Å². The van der Waals surface area contributed by atoms with Crippen molar-refractivity contribution in [3.8, 4) is 0 Å². The predicted molar refractivity (Wildman–Crippen MR) is 422 cm³/mol. The molecule has 2 nitrogen and oxygen atoms in total. The molecule has 1 aliphatic rings. The molecule has 2 aromatic carbocycles. The molecule has 0 aromatic heterocycles. The fraction of sp³-hybridized carbons (Fsp3) is 0.824. The number of unbranched alkanes of at least 4 members (excludes halogenated alkanes) is 53. The topological polar surface area (TPSA) is 25.3 Å². The van der Waals surface area contributed by atoms with Gasteiger partial charge in [0.2, 0.25) is 11.4 Å². The fourth-order valence-corrected chi connectivity index (χ4v) is 15.9. The van der Waals surface area contributed by atoms with E-state index in [0.717, 1.165) is 56.3 Å². The molecular weight excluding hydrogens is 1180 g/mol. The van der Waals surface area contributed by atoms with E-state index in [2.05, 4.69) is 106 Å². The van der Waals surface area contributed by atoms with Gasteiger partial charge in [0.25, 0.3) is 0 Å². The SMILES string of the molecule is CCCCCCCCCCCCCCCCCCCCCC[CH2][Ni][CH2]CCCCCCCCCCCCCCCCCCCCCC.CCCCCCCCc1cc(CCCC)cc(C2=C(C)C(CCCC)=C(c3cc(CCCC)cc(CCCCCCCC)c3)[N+]2=[N-])c1. The molecule has 0 aliphatic carbocycles. The van der Waals surface area contributed by atoms with Gasteiger partial charge in [-0.2, -0.15) is 0 Å². The molecule has 3 heteroatoms. The minimum atomic E-state index is 1.00. The first-order chi connectivity index (χ1) is 46.4. The molecule has 0 radical (unpaired) electrons. The van der Waals surface area contributed by atoms with Crippen molar-refractivity contribution in [2.45, 2.75) is 484 Å². The van der Waals surface area contributed by atoms with Crippen molar-refractivity contribution in [1.82, 2.24) is 0 Å². The minimum absolute atomic E-state index is 1.00. The molecular formula is C91H164N2Ni. The fourth-order valence-electron chi connectivity index (χ4n) is 14.6. The molecule has 0 bridgehead atoms. The van der Waals surface area contributed by atoms with Crippen molar-refractivity contribution in [3.05, 3.63) is 86.5 Å². The molecule has 94 heavy (non-hydrogen) atoms. The van der Waals surface area contributed by atoms with Gasteiger partial charge in [-0.05, 0) is 118 Å². The molecule has 0 saturated carbocycles. The molecule has 0 N–H and O–H groups in total. The molecule has 1 heterocycles. The van der Waals surface area contributed by atoms with E-state index in [1.807, 2.05) is 0 Å². The first-order valence-electron chi connectivity index (χ1n) is 43.0. The third kappa shape index (κ3) is 47.9. The van der Waals surface area contributed by atoms with Crippen molar-refractivity contribution in [2.75, 3.05) is 0 Å². The summed E-state index contributed by atoms with van der Waals surface area (Å²) >= 11 is 2.05. The van der Waals surface area contributed by atoms with Crippen LogP contribution < -0.4 is 0 Å². The third-order valence-corrected chi connectivity index (χ3v) is 22.3. The predicted octanol–water partition coefficient (Wildman–Crippen LogP) is 32.9. The van der Waals surface area contributed by atoms with Crippen molar-refractivity contribution in [3.63, 3.8) is 0 Å². The Morgan fingerprint density at radius 2 is 0.436 bits per heavy atom. The number of nitrogens with zero attached hydrogens (tertiary/aromatic N) is 2. The van der Waals surface area contributed by atoms with E-state index in [1.54, 1.807) is 4.70 Å². The summed E-state index contributed by atoms with van der Waals surface area (Å²) in [5.74, 6) is 0. The van der Waals surface area contributed by atoms with Crippen LogP contribution in [0.5, 0.6) is 0 Å². The molecule has 1 aliphatic heterocycles. The maximum absolute atomic E-state index is 12.2. The van der Waals surface area contributed by atoms with Gasteiger partial charge in [-0.1, -0.05) is 272 Å². The zero-order valence-electron chi connectivity index (χ0n) is 65.1. The van der Waals surface area contributed by atoms with Crippen molar-refractivity contribution in [2.24, 2.45) is 0 Å².